The highest BCUT2D eigenvalue weighted by molar-refractivity contribution is 4.75. The summed E-state index contributed by atoms with van der Waals surface area (Å²) in [6.45, 7) is 9.06. The number of aliphatic hydroxyl groups excluding tert-OH is 1. The Kier molecular flexibility index (Phi) is 6.32. The van der Waals surface area contributed by atoms with Crippen LogP contribution in [0.5, 0.6) is 0 Å². The van der Waals surface area contributed by atoms with Gasteiger partial charge in [0.2, 0.25) is 0 Å². The molecule has 0 radical (unpaired) electrons. The van der Waals surface area contributed by atoms with Crippen LogP contribution in [0.4, 0.5) is 0 Å². The average Bonchev–Trinajstić information content (AvgIpc) is 2.35. The van der Waals surface area contributed by atoms with Crippen molar-refractivity contribution in [1.82, 2.24) is 9.80 Å². The number of likely N-dealkylation sites (N-methyl/N-ethyl adjacent to an activating group) is 1. The molecule has 1 aliphatic rings. The maximum atomic E-state index is 9.20. The van der Waals surface area contributed by atoms with Gasteiger partial charge in [0.1, 0.15) is 0 Å². The summed E-state index contributed by atoms with van der Waals surface area (Å²) in [4.78, 5) is 5.03. The molecule has 1 aliphatic heterocycles. The molecule has 1 saturated heterocycles. The summed E-state index contributed by atoms with van der Waals surface area (Å²) in [7, 11) is 2.22. The number of aliphatic hydroxyl groups is 1. The van der Waals surface area contributed by atoms with Crippen LogP contribution in [0.25, 0.3) is 0 Å². The van der Waals surface area contributed by atoms with Gasteiger partial charge in [0.15, 0.2) is 0 Å². The van der Waals surface area contributed by atoms with E-state index in [1.165, 1.54) is 39.0 Å². The van der Waals surface area contributed by atoms with Crippen LogP contribution in [-0.2, 0) is 0 Å². The fraction of sp³-hybridized carbons (Fsp3) is 1.00. The summed E-state index contributed by atoms with van der Waals surface area (Å²) in [5.41, 5.74) is 0. The molecule has 3 nitrogen and oxygen atoms in total. The molecule has 2 atom stereocenters. The highest BCUT2D eigenvalue weighted by Crippen LogP contribution is 2.10. The van der Waals surface area contributed by atoms with Gasteiger partial charge in [-0.3, -0.25) is 4.90 Å². The molecule has 0 bridgehead atoms. The Morgan fingerprint density at radius 3 is 2.75 bits per heavy atom. The standard InChI is InChI=1S/C13H28N2O/c1-12-11-14(3)8-6-10-15(12)9-5-4-7-13(2)16/h12-13,16H,4-11H2,1-3H3. The molecule has 1 rings (SSSR count). The fourth-order valence-electron chi connectivity index (χ4n) is 2.51. The highest BCUT2D eigenvalue weighted by atomic mass is 16.3. The van der Waals surface area contributed by atoms with Gasteiger partial charge in [0, 0.05) is 12.6 Å². The zero-order chi connectivity index (χ0) is 12.0. The van der Waals surface area contributed by atoms with Gasteiger partial charge >= 0.3 is 0 Å². The molecule has 2 unspecified atom stereocenters. The molecule has 96 valence electrons. The summed E-state index contributed by atoms with van der Waals surface area (Å²) >= 11 is 0. The minimum absolute atomic E-state index is 0.132. The van der Waals surface area contributed by atoms with Crippen molar-refractivity contribution in [2.45, 2.75) is 51.7 Å². The van der Waals surface area contributed by atoms with Gasteiger partial charge in [-0.1, -0.05) is 0 Å². The minimum Gasteiger partial charge on any atom is -0.393 e. The van der Waals surface area contributed by atoms with Crippen LogP contribution < -0.4 is 0 Å². The SMILES string of the molecule is CC(O)CCCCN1CCCN(C)CC1C. The first kappa shape index (κ1) is 13.9. The van der Waals surface area contributed by atoms with E-state index in [9.17, 15) is 5.11 Å². The Morgan fingerprint density at radius 1 is 1.31 bits per heavy atom. The van der Waals surface area contributed by atoms with Gasteiger partial charge in [-0.05, 0) is 66.2 Å². The van der Waals surface area contributed by atoms with Crippen LogP contribution in [0.3, 0.4) is 0 Å². The normalized spacial score (nSPS) is 26.6. The summed E-state index contributed by atoms with van der Waals surface area (Å²) < 4.78 is 0. The minimum atomic E-state index is -0.132. The van der Waals surface area contributed by atoms with Gasteiger partial charge in [0.05, 0.1) is 6.10 Å². The lowest BCUT2D eigenvalue weighted by atomic mass is 10.1. The van der Waals surface area contributed by atoms with E-state index >= 15 is 0 Å². The Balaban J connectivity index is 2.19. The summed E-state index contributed by atoms with van der Waals surface area (Å²) in [6, 6.07) is 0.680. The van der Waals surface area contributed by atoms with Crippen molar-refractivity contribution < 1.29 is 5.11 Å². The Morgan fingerprint density at radius 2 is 2.06 bits per heavy atom. The first-order valence-electron chi connectivity index (χ1n) is 6.70. The third kappa shape index (κ3) is 5.28. The fourth-order valence-corrected chi connectivity index (χ4v) is 2.51. The maximum Gasteiger partial charge on any atom is 0.0512 e. The summed E-state index contributed by atoms with van der Waals surface area (Å²) in [5.74, 6) is 0. The molecular formula is C13H28N2O. The lowest BCUT2D eigenvalue weighted by molar-refractivity contribution is 0.169. The second-order valence-electron chi connectivity index (χ2n) is 5.35. The van der Waals surface area contributed by atoms with Gasteiger partial charge in [-0.15, -0.1) is 0 Å². The van der Waals surface area contributed by atoms with Crippen LogP contribution >= 0.6 is 0 Å². The third-order valence-corrected chi connectivity index (χ3v) is 3.50. The predicted octanol–water partition coefficient (Wildman–Crippen LogP) is 1.56. The van der Waals surface area contributed by atoms with E-state index in [2.05, 4.69) is 23.8 Å². The van der Waals surface area contributed by atoms with E-state index < -0.39 is 0 Å². The summed E-state index contributed by atoms with van der Waals surface area (Å²) in [5, 5.41) is 9.20. The van der Waals surface area contributed by atoms with Crippen molar-refractivity contribution >= 4 is 0 Å². The van der Waals surface area contributed by atoms with Crippen LogP contribution in [0.2, 0.25) is 0 Å². The average molecular weight is 228 g/mol. The molecule has 3 heteroatoms. The van der Waals surface area contributed by atoms with Gasteiger partial charge < -0.3 is 10.0 Å². The molecular weight excluding hydrogens is 200 g/mol. The van der Waals surface area contributed by atoms with E-state index in [0.717, 1.165) is 12.8 Å². The van der Waals surface area contributed by atoms with E-state index in [4.69, 9.17) is 0 Å². The summed E-state index contributed by atoms with van der Waals surface area (Å²) in [6.07, 6.45) is 4.47. The lowest BCUT2D eigenvalue weighted by Crippen LogP contribution is -2.38. The predicted molar refractivity (Wildman–Crippen MR) is 68.7 cm³/mol. The van der Waals surface area contributed by atoms with Crippen molar-refractivity contribution in [2.75, 3.05) is 33.2 Å². The molecule has 1 fully saturated rings. The molecule has 1 N–H and O–H groups in total. The first-order valence-corrected chi connectivity index (χ1v) is 6.70. The van der Waals surface area contributed by atoms with Crippen LogP contribution in [0, 0.1) is 0 Å². The van der Waals surface area contributed by atoms with Crippen molar-refractivity contribution in [3.05, 3.63) is 0 Å². The zero-order valence-electron chi connectivity index (χ0n) is 11.2. The van der Waals surface area contributed by atoms with Gasteiger partial charge in [-0.25, -0.2) is 0 Å². The zero-order valence-corrected chi connectivity index (χ0v) is 11.2. The van der Waals surface area contributed by atoms with E-state index in [1.807, 2.05) is 6.92 Å². The molecule has 0 saturated carbocycles. The first-order chi connectivity index (χ1) is 7.59. The van der Waals surface area contributed by atoms with Crippen LogP contribution in [0.1, 0.15) is 39.5 Å². The van der Waals surface area contributed by atoms with Crippen molar-refractivity contribution in [3.8, 4) is 0 Å². The molecule has 0 aromatic heterocycles. The third-order valence-electron chi connectivity index (χ3n) is 3.50. The van der Waals surface area contributed by atoms with Crippen LogP contribution in [0.15, 0.2) is 0 Å². The van der Waals surface area contributed by atoms with Gasteiger partial charge in [-0.2, -0.15) is 0 Å². The van der Waals surface area contributed by atoms with E-state index in [0.29, 0.717) is 6.04 Å². The Labute approximate surface area is 100 Å². The lowest BCUT2D eigenvalue weighted by Gasteiger charge is -2.27. The second-order valence-corrected chi connectivity index (χ2v) is 5.35. The van der Waals surface area contributed by atoms with Crippen molar-refractivity contribution in [2.24, 2.45) is 0 Å². The molecule has 0 aromatic rings. The molecule has 1 heterocycles. The molecule has 0 spiro atoms. The number of rotatable bonds is 5. The number of hydrogen-bond donors (Lipinski definition) is 1. The highest BCUT2D eigenvalue weighted by Gasteiger charge is 2.18. The maximum absolute atomic E-state index is 9.20. The quantitative estimate of drug-likeness (QED) is 0.724. The van der Waals surface area contributed by atoms with Gasteiger partial charge in [0.25, 0.3) is 0 Å². The monoisotopic (exact) mass is 228 g/mol. The molecule has 0 aliphatic carbocycles. The smallest absolute Gasteiger partial charge is 0.0512 e. The second kappa shape index (κ2) is 7.25. The molecule has 0 aromatic carbocycles. The van der Waals surface area contributed by atoms with Crippen molar-refractivity contribution in [1.29, 1.82) is 0 Å². The Bertz CT molecular complexity index is 185. The largest absolute Gasteiger partial charge is 0.393 e. The van der Waals surface area contributed by atoms with E-state index in [-0.39, 0.29) is 6.10 Å². The topological polar surface area (TPSA) is 26.7 Å². The van der Waals surface area contributed by atoms with E-state index in [1.54, 1.807) is 0 Å². The molecule has 16 heavy (non-hydrogen) atoms. The molecule has 0 amide bonds. The van der Waals surface area contributed by atoms with Crippen molar-refractivity contribution in [3.63, 3.8) is 0 Å². The number of hydrogen-bond acceptors (Lipinski definition) is 3. The number of unbranched alkanes of at least 4 members (excludes halogenated alkanes) is 1. The number of nitrogens with zero attached hydrogens (tertiary/aromatic N) is 2. The Hall–Kier alpha value is -0.120. The van der Waals surface area contributed by atoms with Crippen LogP contribution in [-0.4, -0.2) is 60.3 Å².